The Kier molecular flexibility index (Phi) is 7.63. The van der Waals surface area contributed by atoms with Gasteiger partial charge in [0.05, 0.1) is 11.5 Å². The van der Waals surface area contributed by atoms with E-state index < -0.39 is 20.5 Å². The average molecular weight is 424 g/mol. The molecule has 0 spiro atoms. The minimum absolute atomic E-state index is 0.0425. The Labute approximate surface area is 156 Å². The minimum Gasteiger partial charge on any atom is -0.378 e. The number of hydrogen-bond donors (Lipinski definition) is 2. The normalized spacial score (nSPS) is 14.2. The molecule has 0 amide bonds. The second-order valence-electron chi connectivity index (χ2n) is 4.28. The molecule has 7 nitrogen and oxygen atoms in total. The van der Waals surface area contributed by atoms with Crippen LogP contribution in [0, 0.1) is 10.1 Å². The quantitative estimate of drug-likeness (QED) is 0.398. The second-order valence-corrected chi connectivity index (χ2v) is 8.35. The second kappa shape index (κ2) is 8.55. The lowest BCUT2D eigenvalue weighted by atomic mass is 10.2. The maximum atomic E-state index is 11.4. The predicted octanol–water partition coefficient (Wildman–Crippen LogP) is 3.01. The summed E-state index contributed by atoms with van der Waals surface area (Å²) in [5.74, 6) is 0.0425. The van der Waals surface area contributed by atoms with Crippen LogP contribution >= 0.6 is 57.7 Å². The number of aliphatic hydroxyl groups excluding tert-OH is 1. The van der Waals surface area contributed by atoms with Crippen LogP contribution in [0.5, 0.6) is 0 Å². The summed E-state index contributed by atoms with van der Waals surface area (Å²) in [5, 5.41) is 24.1. The SMILES string of the molecule is CCN(Cc1cnc(Cl)s1)/C(NC)=C(/C(O)C(Cl)(Cl)Cl)[N+](=O)[O-]. The molecule has 1 heterocycles. The third-order valence-electron chi connectivity index (χ3n) is 2.82. The molecule has 0 aromatic carbocycles. The van der Waals surface area contributed by atoms with E-state index in [2.05, 4.69) is 10.3 Å². The highest BCUT2D eigenvalue weighted by Crippen LogP contribution is 2.35. The zero-order chi connectivity index (χ0) is 17.8. The topological polar surface area (TPSA) is 91.5 Å². The lowest BCUT2D eigenvalue weighted by Gasteiger charge is -2.27. The van der Waals surface area contributed by atoms with Crippen molar-refractivity contribution in [3.05, 3.63) is 37.2 Å². The summed E-state index contributed by atoms with van der Waals surface area (Å²) in [4.78, 5) is 16.9. The van der Waals surface area contributed by atoms with Gasteiger partial charge in [-0.2, -0.15) is 0 Å². The molecule has 2 N–H and O–H groups in total. The lowest BCUT2D eigenvalue weighted by Crippen LogP contribution is -2.39. The fraction of sp³-hybridized carbons (Fsp3) is 0.545. The number of hydrogen-bond acceptors (Lipinski definition) is 7. The molecule has 0 bridgehead atoms. The first-order valence-electron chi connectivity index (χ1n) is 6.28. The maximum Gasteiger partial charge on any atom is 0.318 e. The minimum atomic E-state index is -2.24. The van der Waals surface area contributed by atoms with Gasteiger partial charge in [-0.1, -0.05) is 46.4 Å². The molecule has 0 saturated heterocycles. The van der Waals surface area contributed by atoms with Gasteiger partial charge in [0.1, 0.15) is 0 Å². The van der Waals surface area contributed by atoms with Crippen molar-refractivity contribution in [1.82, 2.24) is 15.2 Å². The summed E-state index contributed by atoms with van der Waals surface area (Å²) in [5.41, 5.74) is -0.634. The van der Waals surface area contributed by atoms with E-state index in [0.717, 1.165) is 4.88 Å². The van der Waals surface area contributed by atoms with Gasteiger partial charge in [-0.25, -0.2) is 4.98 Å². The number of aromatic nitrogens is 1. The van der Waals surface area contributed by atoms with Crippen LogP contribution in [0.25, 0.3) is 0 Å². The summed E-state index contributed by atoms with van der Waals surface area (Å²) >= 11 is 23.8. The van der Waals surface area contributed by atoms with Gasteiger partial charge in [-0.3, -0.25) is 10.1 Å². The first-order chi connectivity index (χ1) is 10.6. The fourth-order valence-electron chi connectivity index (χ4n) is 1.81. The standard InChI is InChI=1S/C11H14Cl4N4O3S/c1-3-18(5-6-4-17-10(12)23-6)9(16-2)7(19(21)22)8(20)11(13,14)15/h4,8,16,20H,3,5H2,1-2H3/b9-7-. The van der Waals surface area contributed by atoms with E-state index in [-0.39, 0.29) is 5.82 Å². The Morgan fingerprint density at radius 1 is 1.61 bits per heavy atom. The summed E-state index contributed by atoms with van der Waals surface area (Å²) in [7, 11) is 1.48. The van der Waals surface area contributed by atoms with Crippen LogP contribution < -0.4 is 5.32 Å². The van der Waals surface area contributed by atoms with Gasteiger partial charge < -0.3 is 15.3 Å². The molecule has 0 fully saturated rings. The first kappa shape index (κ1) is 20.5. The van der Waals surface area contributed by atoms with E-state index in [1.807, 2.05) is 0 Å². The first-order valence-corrected chi connectivity index (χ1v) is 8.60. The van der Waals surface area contributed by atoms with E-state index in [1.54, 1.807) is 18.0 Å². The van der Waals surface area contributed by atoms with E-state index in [4.69, 9.17) is 46.4 Å². The van der Waals surface area contributed by atoms with Crippen molar-refractivity contribution < 1.29 is 10.0 Å². The van der Waals surface area contributed by atoms with Gasteiger partial charge in [0.15, 0.2) is 16.4 Å². The third-order valence-corrected chi connectivity index (χ3v) is 4.53. The van der Waals surface area contributed by atoms with Crippen molar-refractivity contribution in [2.24, 2.45) is 0 Å². The highest BCUT2D eigenvalue weighted by atomic mass is 35.6. The van der Waals surface area contributed by atoms with Crippen molar-refractivity contribution in [2.45, 2.75) is 23.4 Å². The summed E-state index contributed by atoms with van der Waals surface area (Å²) in [6.07, 6.45) is -0.343. The highest BCUT2D eigenvalue weighted by molar-refractivity contribution is 7.15. The third kappa shape index (κ3) is 5.51. The van der Waals surface area contributed by atoms with Crippen LogP contribution in [0.15, 0.2) is 17.7 Å². The average Bonchev–Trinajstić information content (AvgIpc) is 2.85. The van der Waals surface area contributed by atoms with E-state index in [1.165, 1.54) is 18.4 Å². The molecule has 0 radical (unpaired) electrons. The smallest absolute Gasteiger partial charge is 0.318 e. The number of aliphatic hydroxyl groups is 1. The van der Waals surface area contributed by atoms with Gasteiger partial charge in [-0.15, -0.1) is 11.3 Å². The van der Waals surface area contributed by atoms with Crippen molar-refractivity contribution in [2.75, 3.05) is 13.6 Å². The summed E-state index contributed by atoms with van der Waals surface area (Å²) < 4.78 is -1.88. The van der Waals surface area contributed by atoms with Crippen molar-refractivity contribution in [3.63, 3.8) is 0 Å². The van der Waals surface area contributed by atoms with E-state index in [9.17, 15) is 15.2 Å². The van der Waals surface area contributed by atoms with Crippen molar-refractivity contribution >= 4 is 57.7 Å². The number of thiazole rings is 1. The maximum absolute atomic E-state index is 11.4. The summed E-state index contributed by atoms with van der Waals surface area (Å²) in [6.45, 7) is 2.48. The predicted molar refractivity (Wildman–Crippen MR) is 92.6 cm³/mol. The molecule has 0 saturated carbocycles. The molecule has 23 heavy (non-hydrogen) atoms. The molecule has 130 valence electrons. The molecule has 0 aliphatic heterocycles. The number of halogens is 4. The summed E-state index contributed by atoms with van der Waals surface area (Å²) in [6, 6.07) is 0. The van der Waals surface area contributed by atoms with Gasteiger partial charge in [0.2, 0.25) is 3.79 Å². The van der Waals surface area contributed by atoms with Gasteiger partial charge >= 0.3 is 5.70 Å². The van der Waals surface area contributed by atoms with Crippen LogP contribution in [0.4, 0.5) is 0 Å². The van der Waals surface area contributed by atoms with Gasteiger partial charge in [0, 0.05) is 24.7 Å². The highest BCUT2D eigenvalue weighted by Gasteiger charge is 2.43. The molecule has 1 rings (SSSR count). The molecule has 0 aliphatic rings. The fourth-order valence-corrected chi connectivity index (χ4v) is 3.12. The van der Waals surface area contributed by atoms with Crippen molar-refractivity contribution in [1.29, 1.82) is 0 Å². The zero-order valence-corrected chi connectivity index (χ0v) is 15.9. The van der Waals surface area contributed by atoms with Crippen LogP contribution in [-0.4, -0.2) is 43.4 Å². The van der Waals surface area contributed by atoms with Crippen LogP contribution in [0.3, 0.4) is 0 Å². The van der Waals surface area contributed by atoms with Gasteiger partial charge in [-0.05, 0) is 6.92 Å². The lowest BCUT2D eigenvalue weighted by molar-refractivity contribution is -0.438. The Balaban J connectivity index is 3.27. The Bertz CT molecular complexity index is 590. The molecule has 1 aromatic heterocycles. The molecule has 1 aromatic rings. The van der Waals surface area contributed by atoms with Crippen molar-refractivity contribution in [3.8, 4) is 0 Å². The molecule has 1 unspecified atom stereocenters. The van der Waals surface area contributed by atoms with E-state index >= 15 is 0 Å². The van der Waals surface area contributed by atoms with Crippen LogP contribution in [0.2, 0.25) is 4.47 Å². The zero-order valence-electron chi connectivity index (χ0n) is 12.1. The number of alkyl halides is 3. The largest absolute Gasteiger partial charge is 0.378 e. The molecule has 12 heteroatoms. The number of nitro groups is 1. The van der Waals surface area contributed by atoms with E-state index in [0.29, 0.717) is 17.6 Å². The molecular weight excluding hydrogens is 410 g/mol. The van der Waals surface area contributed by atoms with Crippen LogP contribution in [-0.2, 0) is 6.54 Å². The monoisotopic (exact) mass is 422 g/mol. The molecular formula is C11H14Cl4N4O3S. The Hall–Kier alpha value is -0.510. The molecule has 1 atom stereocenters. The number of nitrogens with zero attached hydrogens (tertiary/aromatic N) is 3. The Morgan fingerprint density at radius 3 is 2.57 bits per heavy atom. The Morgan fingerprint density at radius 2 is 2.22 bits per heavy atom. The molecule has 0 aliphatic carbocycles. The number of rotatable bonds is 7. The van der Waals surface area contributed by atoms with Crippen LogP contribution in [0.1, 0.15) is 11.8 Å². The number of nitrogens with one attached hydrogen (secondary N) is 1. The van der Waals surface area contributed by atoms with Gasteiger partial charge in [0.25, 0.3) is 0 Å².